The van der Waals surface area contributed by atoms with Crippen molar-refractivity contribution in [1.29, 1.82) is 0 Å². The van der Waals surface area contributed by atoms with E-state index in [0.29, 0.717) is 17.1 Å². The molecule has 6 heteroatoms. The third-order valence-corrected chi connectivity index (χ3v) is 4.71. The number of hydrogen-bond acceptors (Lipinski definition) is 3. The van der Waals surface area contributed by atoms with Crippen molar-refractivity contribution in [3.63, 3.8) is 0 Å². The van der Waals surface area contributed by atoms with Crippen LogP contribution in [0, 0.1) is 0 Å². The lowest BCUT2D eigenvalue weighted by molar-refractivity contribution is 0.574. The van der Waals surface area contributed by atoms with E-state index in [1.54, 1.807) is 18.3 Å². The summed E-state index contributed by atoms with van der Waals surface area (Å²) in [4.78, 5) is 4.51. The quantitative estimate of drug-likeness (QED) is 0.885. The Labute approximate surface area is 119 Å². The lowest BCUT2D eigenvalue weighted by atomic mass is 10.2. The highest BCUT2D eigenvalue weighted by Crippen LogP contribution is 2.16. The molecule has 2 aromatic rings. The Kier molecular flexibility index (Phi) is 4.57. The molecular weight excluding hydrogens is 274 g/mol. The number of nitrogens with one attached hydrogen (secondary N) is 1. The summed E-state index contributed by atoms with van der Waals surface area (Å²) in [6, 6.07) is 7.05. The van der Waals surface area contributed by atoms with Crippen molar-refractivity contribution < 1.29 is 8.42 Å². The van der Waals surface area contributed by atoms with E-state index in [4.69, 9.17) is 0 Å². The topological polar surface area (TPSA) is 64.0 Å². The molecule has 0 aliphatic rings. The first-order chi connectivity index (χ1) is 9.58. The Balaban J connectivity index is 2.19. The molecule has 0 amide bonds. The Morgan fingerprint density at radius 1 is 1.25 bits per heavy atom. The summed E-state index contributed by atoms with van der Waals surface area (Å²) >= 11 is 0. The number of nitrogens with zero attached hydrogens (tertiary/aromatic N) is 2. The van der Waals surface area contributed by atoms with Gasteiger partial charge in [0, 0.05) is 18.9 Å². The molecule has 0 saturated heterocycles. The van der Waals surface area contributed by atoms with Gasteiger partial charge in [-0.15, -0.1) is 0 Å². The van der Waals surface area contributed by atoms with Gasteiger partial charge >= 0.3 is 0 Å². The van der Waals surface area contributed by atoms with Gasteiger partial charge in [-0.05, 0) is 25.0 Å². The van der Waals surface area contributed by atoms with Crippen molar-refractivity contribution in [2.45, 2.75) is 38.3 Å². The van der Waals surface area contributed by atoms with E-state index in [0.717, 1.165) is 12.1 Å². The molecule has 0 aliphatic carbocycles. The average molecular weight is 293 g/mol. The average Bonchev–Trinajstić information content (AvgIpc) is 2.92. The number of aryl methyl sites for hydroxylation is 2. The number of rotatable bonds is 6. The molecule has 1 aromatic heterocycles. The van der Waals surface area contributed by atoms with Gasteiger partial charge in [0.1, 0.15) is 5.82 Å². The van der Waals surface area contributed by atoms with Crippen molar-refractivity contribution in [3.05, 3.63) is 48.0 Å². The molecule has 2 rings (SSSR count). The van der Waals surface area contributed by atoms with E-state index < -0.39 is 10.0 Å². The molecular formula is C14H19N3O2S. The van der Waals surface area contributed by atoms with Crippen molar-refractivity contribution in [2.24, 2.45) is 0 Å². The molecule has 20 heavy (non-hydrogen) atoms. The summed E-state index contributed by atoms with van der Waals surface area (Å²) in [5, 5.41) is 0. The Bertz CT molecular complexity index is 677. The smallest absolute Gasteiger partial charge is 0.241 e. The van der Waals surface area contributed by atoms with Crippen LogP contribution in [0.2, 0.25) is 0 Å². The Morgan fingerprint density at radius 3 is 2.70 bits per heavy atom. The van der Waals surface area contributed by atoms with Crippen LogP contribution in [0.25, 0.3) is 0 Å². The second-order valence-electron chi connectivity index (χ2n) is 4.42. The fourth-order valence-electron chi connectivity index (χ4n) is 2.09. The second kappa shape index (κ2) is 6.19. The number of hydrogen-bond donors (Lipinski definition) is 1. The maximum absolute atomic E-state index is 12.4. The fourth-order valence-corrected chi connectivity index (χ4v) is 3.38. The lowest BCUT2D eigenvalue weighted by Gasteiger charge is -2.10. The van der Waals surface area contributed by atoms with Gasteiger partial charge in [-0.3, -0.25) is 0 Å². The molecule has 0 atom stereocenters. The maximum atomic E-state index is 12.4. The van der Waals surface area contributed by atoms with E-state index in [9.17, 15) is 8.42 Å². The van der Waals surface area contributed by atoms with Crippen LogP contribution >= 0.6 is 0 Å². The van der Waals surface area contributed by atoms with Crippen LogP contribution in [-0.4, -0.2) is 18.0 Å². The van der Waals surface area contributed by atoms with Gasteiger partial charge in [-0.1, -0.05) is 25.1 Å². The van der Waals surface area contributed by atoms with Gasteiger partial charge in [-0.2, -0.15) is 0 Å². The molecule has 0 bridgehead atoms. The number of benzene rings is 1. The van der Waals surface area contributed by atoms with E-state index in [-0.39, 0.29) is 6.54 Å². The minimum Gasteiger partial charge on any atom is -0.334 e. The van der Waals surface area contributed by atoms with Crippen LogP contribution in [-0.2, 0) is 29.5 Å². The molecule has 0 unspecified atom stereocenters. The first-order valence-electron chi connectivity index (χ1n) is 6.66. The van der Waals surface area contributed by atoms with E-state index in [1.165, 1.54) is 0 Å². The van der Waals surface area contributed by atoms with Crippen LogP contribution in [0.5, 0.6) is 0 Å². The van der Waals surface area contributed by atoms with Crippen LogP contribution in [0.1, 0.15) is 25.2 Å². The first kappa shape index (κ1) is 14.7. The minimum atomic E-state index is -3.51. The third-order valence-electron chi connectivity index (χ3n) is 3.21. The molecule has 0 radical (unpaired) electrons. The van der Waals surface area contributed by atoms with Crippen LogP contribution in [0.4, 0.5) is 0 Å². The van der Waals surface area contributed by atoms with E-state index in [1.807, 2.05) is 36.7 Å². The van der Waals surface area contributed by atoms with Crippen LogP contribution in [0.3, 0.4) is 0 Å². The molecule has 0 saturated carbocycles. The zero-order chi connectivity index (χ0) is 14.6. The van der Waals surface area contributed by atoms with Crippen molar-refractivity contribution >= 4 is 10.0 Å². The molecule has 0 fully saturated rings. The summed E-state index contributed by atoms with van der Waals surface area (Å²) in [5.74, 6) is 0.713. The fraction of sp³-hybridized carbons (Fsp3) is 0.357. The van der Waals surface area contributed by atoms with E-state index in [2.05, 4.69) is 9.71 Å². The Hall–Kier alpha value is -1.66. The summed E-state index contributed by atoms with van der Waals surface area (Å²) in [6.07, 6.45) is 4.19. The van der Waals surface area contributed by atoms with Crippen molar-refractivity contribution in [2.75, 3.05) is 0 Å². The zero-order valence-corrected chi connectivity index (χ0v) is 12.5. The molecule has 108 valence electrons. The molecule has 1 aromatic carbocycles. The number of aromatic nitrogens is 2. The largest absolute Gasteiger partial charge is 0.334 e. The van der Waals surface area contributed by atoms with Gasteiger partial charge in [-0.25, -0.2) is 18.1 Å². The van der Waals surface area contributed by atoms with Gasteiger partial charge in [0.05, 0.1) is 11.4 Å². The van der Waals surface area contributed by atoms with Gasteiger partial charge in [0.15, 0.2) is 0 Å². The minimum absolute atomic E-state index is 0.196. The molecule has 1 N–H and O–H groups in total. The zero-order valence-electron chi connectivity index (χ0n) is 11.7. The lowest BCUT2D eigenvalue weighted by Crippen LogP contribution is -2.25. The number of sulfonamides is 1. The second-order valence-corrected chi connectivity index (χ2v) is 6.15. The molecule has 5 nitrogen and oxygen atoms in total. The molecule has 0 aliphatic heterocycles. The summed E-state index contributed by atoms with van der Waals surface area (Å²) in [5.41, 5.74) is 0.818. The van der Waals surface area contributed by atoms with Crippen molar-refractivity contribution in [3.8, 4) is 0 Å². The van der Waals surface area contributed by atoms with Gasteiger partial charge < -0.3 is 4.57 Å². The standard InChI is InChI=1S/C14H19N3O2S/c1-3-12-7-5-6-8-13(12)20(18,19)16-11-14-15-9-10-17(14)4-2/h5-10,16H,3-4,11H2,1-2H3. The normalized spacial score (nSPS) is 11.7. The highest BCUT2D eigenvalue weighted by atomic mass is 32.2. The van der Waals surface area contributed by atoms with Crippen molar-refractivity contribution in [1.82, 2.24) is 14.3 Å². The predicted molar refractivity (Wildman–Crippen MR) is 77.7 cm³/mol. The Morgan fingerprint density at radius 2 is 2.00 bits per heavy atom. The first-order valence-corrected chi connectivity index (χ1v) is 8.14. The van der Waals surface area contributed by atoms with Gasteiger partial charge in [0.25, 0.3) is 0 Å². The van der Waals surface area contributed by atoms with E-state index >= 15 is 0 Å². The third kappa shape index (κ3) is 3.08. The molecule has 1 heterocycles. The van der Waals surface area contributed by atoms with Crippen LogP contribution < -0.4 is 4.72 Å². The number of imidazole rings is 1. The maximum Gasteiger partial charge on any atom is 0.241 e. The van der Waals surface area contributed by atoms with Gasteiger partial charge in [0.2, 0.25) is 10.0 Å². The monoisotopic (exact) mass is 293 g/mol. The molecule has 0 spiro atoms. The summed E-state index contributed by atoms with van der Waals surface area (Å²) in [7, 11) is -3.51. The van der Waals surface area contributed by atoms with Crippen LogP contribution in [0.15, 0.2) is 41.6 Å². The highest BCUT2D eigenvalue weighted by Gasteiger charge is 2.17. The SMILES string of the molecule is CCc1ccccc1S(=O)(=O)NCc1nccn1CC. The highest BCUT2D eigenvalue weighted by molar-refractivity contribution is 7.89. The summed E-state index contributed by atoms with van der Waals surface area (Å²) in [6.45, 7) is 4.90. The predicted octanol–water partition coefficient (Wildman–Crippen LogP) is 1.94. The summed E-state index contributed by atoms with van der Waals surface area (Å²) < 4.78 is 29.2.